The summed E-state index contributed by atoms with van der Waals surface area (Å²) < 4.78 is 1.76. The highest BCUT2D eigenvalue weighted by molar-refractivity contribution is 5.74. The molecule has 3 N–H and O–H groups in total. The number of fused-ring (bicyclic) bond motifs is 1. The zero-order valence-corrected chi connectivity index (χ0v) is 14.9. The summed E-state index contributed by atoms with van der Waals surface area (Å²) >= 11 is 0. The minimum atomic E-state index is -0.991. The molecule has 1 atom stereocenters. The quantitative estimate of drug-likeness (QED) is 0.778. The summed E-state index contributed by atoms with van der Waals surface area (Å²) in [5, 5.41) is 21.0. The van der Waals surface area contributed by atoms with Gasteiger partial charge in [-0.15, -0.1) is 0 Å². The van der Waals surface area contributed by atoms with Crippen LogP contribution in [0.5, 0.6) is 0 Å². The molecule has 2 aromatic rings. The molecule has 1 aliphatic carbocycles. The maximum atomic E-state index is 12.2. The molecular weight excluding hydrogens is 316 g/mol. The Balaban J connectivity index is 1.57. The highest BCUT2D eigenvalue weighted by Gasteiger charge is 2.34. The van der Waals surface area contributed by atoms with Crippen molar-refractivity contribution in [2.45, 2.75) is 44.8 Å². The van der Waals surface area contributed by atoms with Crippen molar-refractivity contribution < 1.29 is 9.90 Å². The van der Waals surface area contributed by atoms with Crippen molar-refractivity contribution in [3.8, 4) is 0 Å². The molecule has 6 heteroatoms. The number of carbonyl (C=O) groups excluding carboxylic acids is 1. The molecule has 1 aromatic carbocycles. The largest absolute Gasteiger partial charge is 0.383 e. The van der Waals surface area contributed by atoms with E-state index in [1.807, 2.05) is 44.4 Å². The average Bonchev–Trinajstić information content (AvgIpc) is 2.98. The van der Waals surface area contributed by atoms with Crippen molar-refractivity contribution in [3.63, 3.8) is 0 Å². The lowest BCUT2D eigenvalue weighted by atomic mass is 9.79. The first-order valence-corrected chi connectivity index (χ1v) is 8.85. The van der Waals surface area contributed by atoms with Crippen LogP contribution in [0.3, 0.4) is 0 Å². The molecule has 0 radical (unpaired) electrons. The molecule has 0 bridgehead atoms. The van der Waals surface area contributed by atoms with Crippen LogP contribution in [0.25, 0.3) is 0 Å². The average molecular weight is 342 g/mol. The second kappa shape index (κ2) is 7.27. The first-order valence-electron chi connectivity index (χ1n) is 8.85. The zero-order chi connectivity index (χ0) is 17.9. The summed E-state index contributed by atoms with van der Waals surface area (Å²) in [6.45, 7) is 2.68. The molecule has 0 spiro atoms. The van der Waals surface area contributed by atoms with Crippen LogP contribution in [-0.2, 0) is 32.0 Å². The number of carbonyl (C=O) groups is 1. The number of nitrogens with one attached hydrogen (secondary N) is 2. The van der Waals surface area contributed by atoms with E-state index in [1.165, 1.54) is 5.56 Å². The van der Waals surface area contributed by atoms with Crippen molar-refractivity contribution >= 4 is 6.03 Å². The summed E-state index contributed by atoms with van der Waals surface area (Å²) in [7, 11) is 1.87. The topological polar surface area (TPSA) is 79.2 Å². The number of hydrogen-bond acceptors (Lipinski definition) is 3. The fourth-order valence-corrected chi connectivity index (χ4v) is 3.58. The number of rotatable bonds is 5. The van der Waals surface area contributed by atoms with E-state index >= 15 is 0 Å². The van der Waals surface area contributed by atoms with Gasteiger partial charge in [-0.05, 0) is 36.8 Å². The Morgan fingerprint density at radius 2 is 2.16 bits per heavy atom. The monoisotopic (exact) mass is 342 g/mol. The fraction of sp³-hybridized carbons (Fsp3) is 0.474. The van der Waals surface area contributed by atoms with Gasteiger partial charge >= 0.3 is 6.03 Å². The number of aliphatic hydroxyl groups is 1. The number of benzene rings is 1. The molecule has 1 heterocycles. The Labute approximate surface area is 148 Å². The van der Waals surface area contributed by atoms with E-state index in [-0.39, 0.29) is 12.6 Å². The number of amides is 2. The molecular formula is C19H26N4O2. The number of hydrogen-bond donors (Lipinski definition) is 3. The number of urea groups is 1. The molecule has 0 saturated carbocycles. The molecule has 0 aliphatic heterocycles. The van der Waals surface area contributed by atoms with E-state index in [2.05, 4.69) is 15.7 Å². The van der Waals surface area contributed by atoms with Crippen LogP contribution < -0.4 is 10.6 Å². The van der Waals surface area contributed by atoms with E-state index < -0.39 is 5.60 Å². The summed E-state index contributed by atoms with van der Waals surface area (Å²) in [6.07, 6.45) is 5.31. The molecule has 134 valence electrons. The lowest BCUT2D eigenvalue weighted by Gasteiger charge is -2.34. The first-order chi connectivity index (χ1) is 12.0. The maximum Gasteiger partial charge on any atom is 0.315 e. The third kappa shape index (κ3) is 3.85. The van der Waals surface area contributed by atoms with Crippen molar-refractivity contribution in [1.82, 2.24) is 20.4 Å². The highest BCUT2D eigenvalue weighted by atomic mass is 16.3. The molecule has 0 saturated heterocycles. The van der Waals surface area contributed by atoms with E-state index in [0.717, 1.165) is 36.1 Å². The second-order valence-electron chi connectivity index (χ2n) is 6.71. The van der Waals surface area contributed by atoms with E-state index in [9.17, 15) is 9.90 Å². The summed E-state index contributed by atoms with van der Waals surface area (Å²) in [4.78, 5) is 12.2. The van der Waals surface area contributed by atoms with Crippen molar-refractivity contribution in [1.29, 1.82) is 0 Å². The number of aryl methyl sites for hydroxylation is 3. The minimum Gasteiger partial charge on any atom is -0.383 e. The van der Waals surface area contributed by atoms with Gasteiger partial charge in [-0.1, -0.05) is 31.2 Å². The van der Waals surface area contributed by atoms with Crippen molar-refractivity contribution in [3.05, 3.63) is 52.8 Å². The van der Waals surface area contributed by atoms with Crippen LogP contribution in [0.2, 0.25) is 0 Å². The summed E-state index contributed by atoms with van der Waals surface area (Å²) in [5.74, 6) is 0. The third-order valence-electron chi connectivity index (χ3n) is 4.86. The zero-order valence-electron chi connectivity index (χ0n) is 14.9. The Hall–Kier alpha value is -2.34. The van der Waals surface area contributed by atoms with Gasteiger partial charge in [-0.3, -0.25) is 4.68 Å². The van der Waals surface area contributed by atoms with Gasteiger partial charge in [-0.2, -0.15) is 5.10 Å². The van der Waals surface area contributed by atoms with Crippen LogP contribution in [0.4, 0.5) is 4.79 Å². The molecule has 3 rings (SSSR count). The molecule has 2 amide bonds. The smallest absolute Gasteiger partial charge is 0.315 e. The Morgan fingerprint density at radius 1 is 1.36 bits per heavy atom. The normalized spacial score (nSPS) is 19.3. The van der Waals surface area contributed by atoms with E-state index in [1.54, 1.807) is 4.68 Å². The van der Waals surface area contributed by atoms with Crippen molar-refractivity contribution in [2.24, 2.45) is 7.05 Å². The van der Waals surface area contributed by atoms with Crippen LogP contribution in [0.1, 0.15) is 42.1 Å². The molecule has 6 nitrogen and oxygen atoms in total. The Kier molecular flexibility index (Phi) is 5.08. The summed E-state index contributed by atoms with van der Waals surface area (Å²) in [5.41, 5.74) is 3.11. The Bertz CT molecular complexity index is 756. The maximum absolute atomic E-state index is 12.2. The first kappa shape index (κ1) is 17.5. The Morgan fingerprint density at radius 3 is 2.96 bits per heavy atom. The van der Waals surface area contributed by atoms with E-state index in [0.29, 0.717) is 13.0 Å². The van der Waals surface area contributed by atoms with Gasteiger partial charge in [-0.25, -0.2) is 4.79 Å². The van der Waals surface area contributed by atoms with Gasteiger partial charge in [0.05, 0.1) is 12.2 Å². The molecule has 1 aromatic heterocycles. The van der Waals surface area contributed by atoms with Gasteiger partial charge in [0.25, 0.3) is 0 Å². The number of nitrogens with zero attached hydrogens (tertiary/aromatic N) is 2. The number of aromatic nitrogens is 2. The van der Waals surface area contributed by atoms with Gasteiger partial charge < -0.3 is 15.7 Å². The van der Waals surface area contributed by atoms with Crippen LogP contribution in [-0.4, -0.2) is 27.5 Å². The fourth-order valence-electron chi connectivity index (χ4n) is 3.58. The third-order valence-corrected chi connectivity index (χ3v) is 4.86. The standard InChI is InChI=1S/C19H26N4O2/c1-3-17-15(12-23(2)22-17)11-20-18(24)21-13-19(25)10-6-8-14-7-4-5-9-16(14)19/h4-5,7,9,12,25H,3,6,8,10-11,13H2,1-2H3,(H2,20,21,24). The molecule has 25 heavy (non-hydrogen) atoms. The SMILES string of the molecule is CCc1nn(C)cc1CNC(=O)NCC1(O)CCCc2ccccc21. The van der Waals surface area contributed by atoms with Crippen LogP contribution in [0.15, 0.2) is 30.5 Å². The van der Waals surface area contributed by atoms with Crippen LogP contribution >= 0.6 is 0 Å². The van der Waals surface area contributed by atoms with E-state index in [4.69, 9.17) is 0 Å². The van der Waals surface area contributed by atoms with Crippen LogP contribution in [0, 0.1) is 0 Å². The summed E-state index contributed by atoms with van der Waals surface area (Å²) in [6, 6.07) is 7.65. The predicted octanol–water partition coefficient (Wildman–Crippen LogP) is 2.01. The second-order valence-corrected chi connectivity index (χ2v) is 6.71. The highest BCUT2D eigenvalue weighted by Crippen LogP contribution is 2.34. The van der Waals surface area contributed by atoms with Gasteiger partial charge in [0.15, 0.2) is 0 Å². The van der Waals surface area contributed by atoms with Crippen molar-refractivity contribution in [2.75, 3.05) is 6.54 Å². The molecule has 0 fully saturated rings. The predicted molar refractivity (Wildman–Crippen MR) is 96.1 cm³/mol. The van der Waals surface area contributed by atoms with Gasteiger partial charge in [0, 0.05) is 25.4 Å². The lowest BCUT2D eigenvalue weighted by molar-refractivity contribution is 0.0217. The van der Waals surface area contributed by atoms with Gasteiger partial charge in [0.2, 0.25) is 0 Å². The lowest BCUT2D eigenvalue weighted by Crippen LogP contribution is -2.46. The molecule has 1 unspecified atom stereocenters. The van der Waals surface area contributed by atoms with Gasteiger partial charge in [0.1, 0.15) is 5.60 Å². The molecule has 1 aliphatic rings. The minimum absolute atomic E-state index is 0.212.